The van der Waals surface area contributed by atoms with Crippen LogP contribution in [0.3, 0.4) is 0 Å². The predicted octanol–water partition coefficient (Wildman–Crippen LogP) is 2.97. The average Bonchev–Trinajstić information content (AvgIpc) is 2.61. The zero-order valence-corrected chi connectivity index (χ0v) is 10.2. The molecule has 0 spiro atoms. The zero-order valence-electron chi connectivity index (χ0n) is 9.38. The molecule has 0 aliphatic carbocycles. The van der Waals surface area contributed by atoms with Gasteiger partial charge in [-0.05, 0) is 23.8 Å². The Hall–Kier alpha value is -1.06. The molecule has 16 heavy (non-hydrogen) atoms. The first-order chi connectivity index (χ1) is 7.04. The van der Waals surface area contributed by atoms with Gasteiger partial charge in [-0.15, -0.1) is 12.4 Å². The molecule has 0 fully saturated rings. The van der Waals surface area contributed by atoms with Gasteiger partial charge in [-0.3, -0.25) is 0 Å². The van der Waals surface area contributed by atoms with E-state index in [0.29, 0.717) is 6.54 Å². The summed E-state index contributed by atoms with van der Waals surface area (Å²) in [6.45, 7) is 4.73. The summed E-state index contributed by atoms with van der Waals surface area (Å²) in [4.78, 5) is 3.07. The molecule has 1 aromatic carbocycles. The van der Waals surface area contributed by atoms with Crippen LogP contribution in [0.5, 0.6) is 0 Å². The van der Waals surface area contributed by atoms with E-state index in [1.54, 1.807) is 6.07 Å². The SMILES string of the molecule is CC(C)(CN)c1c[nH]c2cc(F)ccc12.Cl. The van der Waals surface area contributed by atoms with Crippen LogP contribution < -0.4 is 5.73 Å². The van der Waals surface area contributed by atoms with E-state index < -0.39 is 0 Å². The largest absolute Gasteiger partial charge is 0.361 e. The molecule has 1 heterocycles. The van der Waals surface area contributed by atoms with Crippen LogP contribution in [0, 0.1) is 5.82 Å². The van der Waals surface area contributed by atoms with Crippen LogP contribution in [-0.2, 0) is 5.41 Å². The van der Waals surface area contributed by atoms with Crippen LogP contribution in [0.25, 0.3) is 10.9 Å². The Kier molecular flexibility index (Phi) is 3.61. The number of benzene rings is 1. The minimum atomic E-state index is -0.221. The fourth-order valence-electron chi connectivity index (χ4n) is 1.77. The quantitative estimate of drug-likeness (QED) is 0.835. The molecule has 88 valence electrons. The van der Waals surface area contributed by atoms with Gasteiger partial charge in [0.25, 0.3) is 0 Å². The third kappa shape index (κ3) is 2.06. The van der Waals surface area contributed by atoms with E-state index in [-0.39, 0.29) is 23.6 Å². The molecular formula is C12H16ClFN2. The maximum Gasteiger partial charge on any atom is 0.125 e. The molecule has 1 aromatic heterocycles. The third-order valence-electron chi connectivity index (χ3n) is 2.88. The molecule has 0 saturated carbocycles. The second-order valence-corrected chi connectivity index (χ2v) is 4.48. The van der Waals surface area contributed by atoms with Crippen LogP contribution in [-0.4, -0.2) is 11.5 Å². The van der Waals surface area contributed by atoms with E-state index in [0.717, 1.165) is 16.5 Å². The highest BCUT2D eigenvalue weighted by molar-refractivity contribution is 5.85. The lowest BCUT2D eigenvalue weighted by Crippen LogP contribution is -2.27. The monoisotopic (exact) mass is 242 g/mol. The van der Waals surface area contributed by atoms with Gasteiger partial charge in [0, 0.05) is 29.1 Å². The van der Waals surface area contributed by atoms with E-state index in [9.17, 15) is 4.39 Å². The van der Waals surface area contributed by atoms with Crippen molar-refractivity contribution in [3.8, 4) is 0 Å². The Balaban J connectivity index is 0.00000128. The molecule has 2 rings (SSSR count). The van der Waals surface area contributed by atoms with Crippen molar-refractivity contribution < 1.29 is 4.39 Å². The van der Waals surface area contributed by atoms with E-state index in [2.05, 4.69) is 18.8 Å². The van der Waals surface area contributed by atoms with Crippen LogP contribution in [0.2, 0.25) is 0 Å². The van der Waals surface area contributed by atoms with Crippen LogP contribution in [0.4, 0.5) is 4.39 Å². The van der Waals surface area contributed by atoms with Gasteiger partial charge >= 0.3 is 0 Å². The Bertz CT molecular complexity index is 491. The van der Waals surface area contributed by atoms with Gasteiger partial charge in [0.15, 0.2) is 0 Å². The number of nitrogens with two attached hydrogens (primary N) is 1. The summed E-state index contributed by atoms with van der Waals surface area (Å²) < 4.78 is 13.0. The molecule has 0 radical (unpaired) electrons. The van der Waals surface area contributed by atoms with E-state index in [1.807, 2.05) is 6.20 Å². The van der Waals surface area contributed by atoms with Gasteiger partial charge in [-0.2, -0.15) is 0 Å². The molecule has 3 N–H and O–H groups in total. The molecule has 2 nitrogen and oxygen atoms in total. The number of hydrogen-bond donors (Lipinski definition) is 2. The molecule has 0 saturated heterocycles. The molecular weight excluding hydrogens is 227 g/mol. The summed E-state index contributed by atoms with van der Waals surface area (Å²) >= 11 is 0. The van der Waals surface area contributed by atoms with Gasteiger partial charge < -0.3 is 10.7 Å². The molecule has 0 aliphatic rings. The number of aromatic amines is 1. The zero-order chi connectivity index (χ0) is 11.1. The number of aromatic nitrogens is 1. The number of halogens is 2. The molecule has 0 atom stereocenters. The fourth-order valence-corrected chi connectivity index (χ4v) is 1.77. The van der Waals surface area contributed by atoms with Crippen LogP contribution in [0.1, 0.15) is 19.4 Å². The van der Waals surface area contributed by atoms with E-state index in [1.165, 1.54) is 12.1 Å². The third-order valence-corrected chi connectivity index (χ3v) is 2.88. The molecule has 0 unspecified atom stereocenters. The Labute approximate surface area is 100 Å². The molecule has 2 aromatic rings. The predicted molar refractivity (Wildman–Crippen MR) is 67.6 cm³/mol. The number of hydrogen-bond acceptors (Lipinski definition) is 1. The van der Waals surface area contributed by atoms with Crippen molar-refractivity contribution >= 4 is 23.3 Å². The summed E-state index contributed by atoms with van der Waals surface area (Å²) in [6, 6.07) is 4.78. The van der Waals surface area contributed by atoms with Crippen LogP contribution in [0.15, 0.2) is 24.4 Å². The topological polar surface area (TPSA) is 41.8 Å². The second kappa shape index (κ2) is 4.44. The standard InChI is InChI=1S/C12H15FN2.ClH/c1-12(2,7-14)10-6-15-11-5-8(13)3-4-9(10)11;/h3-6,15H,7,14H2,1-2H3;1H. The molecule has 0 bridgehead atoms. The minimum Gasteiger partial charge on any atom is -0.361 e. The van der Waals surface area contributed by atoms with E-state index in [4.69, 9.17) is 5.73 Å². The van der Waals surface area contributed by atoms with Gasteiger partial charge in [0.1, 0.15) is 5.82 Å². The van der Waals surface area contributed by atoms with Gasteiger partial charge in [-0.25, -0.2) is 4.39 Å². The highest BCUT2D eigenvalue weighted by Crippen LogP contribution is 2.29. The number of nitrogens with one attached hydrogen (secondary N) is 1. The Morgan fingerprint density at radius 2 is 2.06 bits per heavy atom. The second-order valence-electron chi connectivity index (χ2n) is 4.48. The lowest BCUT2D eigenvalue weighted by atomic mass is 9.85. The maximum absolute atomic E-state index is 13.0. The maximum atomic E-state index is 13.0. The summed E-state index contributed by atoms with van der Waals surface area (Å²) in [5, 5.41) is 1.05. The molecule has 0 amide bonds. The number of fused-ring (bicyclic) bond motifs is 1. The Morgan fingerprint density at radius 1 is 1.38 bits per heavy atom. The van der Waals surface area contributed by atoms with Crippen molar-refractivity contribution in [2.45, 2.75) is 19.3 Å². The van der Waals surface area contributed by atoms with Crippen molar-refractivity contribution in [2.24, 2.45) is 5.73 Å². The summed E-state index contributed by atoms with van der Waals surface area (Å²) in [6.07, 6.45) is 1.91. The minimum absolute atomic E-state index is 0. The smallest absolute Gasteiger partial charge is 0.125 e. The molecule has 0 aliphatic heterocycles. The van der Waals surface area contributed by atoms with Crippen molar-refractivity contribution in [1.82, 2.24) is 4.98 Å². The Morgan fingerprint density at radius 3 is 2.69 bits per heavy atom. The van der Waals surface area contributed by atoms with Gasteiger partial charge in [0.05, 0.1) is 0 Å². The molecule has 4 heteroatoms. The highest BCUT2D eigenvalue weighted by Gasteiger charge is 2.22. The van der Waals surface area contributed by atoms with E-state index >= 15 is 0 Å². The van der Waals surface area contributed by atoms with Gasteiger partial charge in [0.2, 0.25) is 0 Å². The van der Waals surface area contributed by atoms with Crippen molar-refractivity contribution in [1.29, 1.82) is 0 Å². The van der Waals surface area contributed by atoms with Crippen molar-refractivity contribution in [2.75, 3.05) is 6.54 Å². The normalized spacial score (nSPS) is 11.5. The number of H-pyrrole nitrogens is 1. The van der Waals surface area contributed by atoms with Crippen LogP contribution >= 0.6 is 12.4 Å². The number of rotatable bonds is 2. The highest BCUT2D eigenvalue weighted by atomic mass is 35.5. The lowest BCUT2D eigenvalue weighted by Gasteiger charge is -2.21. The summed E-state index contributed by atoms with van der Waals surface area (Å²) in [5.41, 5.74) is 7.61. The summed E-state index contributed by atoms with van der Waals surface area (Å²) in [5.74, 6) is -0.221. The fraction of sp³-hybridized carbons (Fsp3) is 0.333. The first-order valence-electron chi connectivity index (χ1n) is 5.02. The summed E-state index contributed by atoms with van der Waals surface area (Å²) in [7, 11) is 0. The van der Waals surface area contributed by atoms with Crippen molar-refractivity contribution in [3.63, 3.8) is 0 Å². The first kappa shape index (κ1) is 13.0. The average molecular weight is 243 g/mol. The lowest BCUT2D eigenvalue weighted by molar-refractivity contribution is 0.543. The van der Waals surface area contributed by atoms with Gasteiger partial charge in [-0.1, -0.05) is 13.8 Å². The first-order valence-corrected chi connectivity index (χ1v) is 5.02. The van der Waals surface area contributed by atoms with Crippen molar-refractivity contribution in [3.05, 3.63) is 35.8 Å².